The molecule has 0 aromatic heterocycles. The van der Waals surface area contributed by atoms with E-state index in [4.69, 9.17) is 25.2 Å². The van der Waals surface area contributed by atoms with Crippen molar-refractivity contribution in [3.8, 4) is 0 Å². The molecule has 2 N–H and O–H groups in total. The largest absolute Gasteiger partial charge is 0.312 e. The van der Waals surface area contributed by atoms with E-state index >= 15 is 0 Å². The van der Waals surface area contributed by atoms with E-state index in [1.807, 2.05) is 0 Å². The van der Waals surface area contributed by atoms with E-state index in [2.05, 4.69) is 0 Å². The average molecular weight is 309 g/mol. The zero-order valence-electron chi connectivity index (χ0n) is 13.2. The highest BCUT2D eigenvalue weighted by Gasteiger charge is 2.66. The Morgan fingerprint density at radius 1 is 0.909 bits per heavy atom. The Morgan fingerprint density at radius 2 is 1.55 bits per heavy atom. The van der Waals surface area contributed by atoms with Crippen LogP contribution in [0.2, 0.25) is 0 Å². The molecule has 4 bridgehead atoms. The maximum Gasteiger partial charge on any atom is 0.210 e. The highest BCUT2D eigenvalue weighted by Crippen LogP contribution is 2.63. The van der Waals surface area contributed by atoms with Crippen molar-refractivity contribution in [2.45, 2.75) is 69.4 Å². The predicted octanol–water partition coefficient (Wildman–Crippen LogP) is 2.89. The molecule has 1 saturated heterocycles. The molecule has 6 rings (SSSR count). The van der Waals surface area contributed by atoms with Crippen molar-refractivity contribution >= 4 is 0 Å². The Balaban J connectivity index is 1.33. The molecule has 0 aromatic carbocycles. The van der Waals surface area contributed by atoms with Crippen LogP contribution in [0.5, 0.6) is 0 Å². The summed E-state index contributed by atoms with van der Waals surface area (Å²) in [5.41, 5.74) is 0. The Bertz CT molecular complexity index is 418. The lowest BCUT2D eigenvalue weighted by Gasteiger charge is -2.57. The van der Waals surface area contributed by atoms with Gasteiger partial charge in [0.1, 0.15) is 0 Å². The van der Waals surface area contributed by atoms with Crippen LogP contribution in [0.4, 0.5) is 0 Å². The van der Waals surface area contributed by atoms with Crippen LogP contribution in [0.3, 0.4) is 0 Å². The molecule has 2 spiro atoms. The summed E-state index contributed by atoms with van der Waals surface area (Å²) in [6, 6.07) is 0. The zero-order valence-corrected chi connectivity index (χ0v) is 13.2. The van der Waals surface area contributed by atoms with Gasteiger partial charge >= 0.3 is 0 Å². The molecular weight excluding hydrogens is 282 g/mol. The van der Waals surface area contributed by atoms with Gasteiger partial charge in [-0.25, -0.2) is 5.90 Å². The average Bonchev–Trinajstić information content (AvgIpc) is 2.88. The number of nitrogens with two attached hydrogens (primary N) is 1. The van der Waals surface area contributed by atoms with E-state index in [0.717, 1.165) is 37.5 Å². The third-order valence-electron chi connectivity index (χ3n) is 7.14. The van der Waals surface area contributed by atoms with Crippen LogP contribution in [0.15, 0.2) is 0 Å². The summed E-state index contributed by atoms with van der Waals surface area (Å²) in [5.74, 6) is 7.73. The Hall–Kier alpha value is -0.200. The standard InChI is InChI=1S/C17H27NO4/c18-19-10-11-1-3-16(4-2-11)20-17(22-21-16)14-6-12-5-13(8-14)9-15(17)7-12/h11-15H,1-10,18H2. The smallest absolute Gasteiger partial charge is 0.210 e. The van der Waals surface area contributed by atoms with Gasteiger partial charge < -0.3 is 9.57 Å². The van der Waals surface area contributed by atoms with Gasteiger partial charge in [-0.1, -0.05) is 0 Å². The highest BCUT2D eigenvalue weighted by molar-refractivity contribution is 5.05. The van der Waals surface area contributed by atoms with E-state index in [1.54, 1.807) is 0 Å². The summed E-state index contributed by atoms with van der Waals surface area (Å²) in [6.07, 6.45) is 10.4. The van der Waals surface area contributed by atoms with Crippen molar-refractivity contribution < 1.29 is 19.3 Å². The minimum Gasteiger partial charge on any atom is -0.312 e. The summed E-state index contributed by atoms with van der Waals surface area (Å²) in [7, 11) is 0. The third-order valence-corrected chi connectivity index (χ3v) is 7.14. The molecule has 5 saturated carbocycles. The first-order valence-electron chi connectivity index (χ1n) is 9.10. The van der Waals surface area contributed by atoms with Crippen LogP contribution in [0.25, 0.3) is 0 Å². The van der Waals surface area contributed by atoms with Crippen molar-refractivity contribution in [2.75, 3.05) is 6.61 Å². The highest BCUT2D eigenvalue weighted by atomic mass is 17.3. The Morgan fingerprint density at radius 3 is 2.14 bits per heavy atom. The molecule has 124 valence electrons. The summed E-state index contributed by atoms with van der Waals surface area (Å²) >= 11 is 0. The molecular formula is C17H27NO4. The molecule has 1 heterocycles. The molecule has 6 fully saturated rings. The van der Waals surface area contributed by atoms with E-state index in [1.165, 1.54) is 32.1 Å². The van der Waals surface area contributed by atoms with E-state index in [0.29, 0.717) is 24.4 Å². The molecule has 6 aliphatic rings. The quantitative estimate of drug-likeness (QED) is 0.628. The minimum absolute atomic E-state index is 0.426. The van der Waals surface area contributed by atoms with Crippen molar-refractivity contribution in [3.63, 3.8) is 0 Å². The molecule has 0 amide bonds. The van der Waals surface area contributed by atoms with Crippen LogP contribution in [-0.2, 0) is 19.3 Å². The fraction of sp³-hybridized carbons (Fsp3) is 1.00. The first kappa shape index (κ1) is 14.2. The minimum atomic E-state index is -0.500. The second kappa shape index (κ2) is 4.90. The van der Waals surface area contributed by atoms with Crippen LogP contribution in [-0.4, -0.2) is 18.2 Å². The van der Waals surface area contributed by atoms with Gasteiger partial charge in [0.2, 0.25) is 11.6 Å². The normalized spacial score (nSPS) is 56.3. The van der Waals surface area contributed by atoms with Crippen LogP contribution >= 0.6 is 0 Å². The van der Waals surface area contributed by atoms with Gasteiger partial charge in [-0.05, 0) is 62.7 Å². The third kappa shape index (κ3) is 1.96. The molecule has 5 aliphatic carbocycles. The van der Waals surface area contributed by atoms with Crippen molar-refractivity contribution in [1.82, 2.24) is 0 Å². The summed E-state index contributed by atoms with van der Waals surface area (Å²) in [5, 5.41) is 0. The maximum atomic E-state index is 6.66. The number of ether oxygens (including phenoxy) is 1. The number of hydrogen-bond donors (Lipinski definition) is 1. The van der Waals surface area contributed by atoms with Crippen LogP contribution in [0.1, 0.15) is 57.8 Å². The Kier molecular flexibility index (Phi) is 3.15. The van der Waals surface area contributed by atoms with Crippen molar-refractivity contribution in [2.24, 2.45) is 35.5 Å². The van der Waals surface area contributed by atoms with E-state index in [-0.39, 0.29) is 0 Å². The predicted molar refractivity (Wildman–Crippen MR) is 77.9 cm³/mol. The fourth-order valence-corrected chi connectivity index (χ4v) is 6.22. The molecule has 5 heteroatoms. The summed E-state index contributed by atoms with van der Waals surface area (Å²) < 4.78 is 6.66. The first-order valence-corrected chi connectivity index (χ1v) is 9.10. The second-order valence-electron chi connectivity index (χ2n) is 8.48. The monoisotopic (exact) mass is 309 g/mol. The summed E-state index contributed by atoms with van der Waals surface area (Å²) in [6.45, 7) is 0.636. The molecule has 0 atom stereocenters. The van der Waals surface area contributed by atoms with Crippen molar-refractivity contribution in [1.29, 1.82) is 0 Å². The van der Waals surface area contributed by atoms with Gasteiger partial charge in [-0.15, -0.1) is 0 Å². The molecule has 0 radical (unpaired) electrons. The lowest BCUT2D eigenvalue weighted by molar-refractivity contribution is -0.390. The maximum absolute atomic E-state index is 6.66. The van der Waals surface area contributed by atoms with E-state index < -0.39 is 11.6 Å². The van der Waals surface area contributed by atoms with Gasteiger partial charge in [0.05, 0.1) is 6.61 Å². The fourth-order valence-electron chi connectivity index (χ4n) is 6.22. The molecule has 22 heavy (non-hydrogen) atoms. The molecule has 0 unspecified atom stereocenters. The number of hydrogen-bond acceptors (Lipinski definition) is 5. The second-order valence-corrected chi connectivity index (χ2v) is 8.48. The molecule has 5 nitrogen and oxygen atoms in total. The number of rotatable bonds is 2. The molecule has 0 aromatic rings. The van der Waals surface area contributed by atoms with Crippen LogP contribution in [0, 0.1) is 29.6 Å². The lowest BCUT2D eigenvalue weighted by atomic mass is 9.53. The van der Waals surface area contributed by atoms with Gasteiger partial charge in [-0.3, -0.25) is 0 Å². The topological polar surface area (TPSA) is 62.9 Å². The SMILES string of the molecule is NOCC1CCC2(CC1)OOC1(O2)C2CC3CC(C2)CC1C3. The Labute approximate surface area is 131 Å². The zero-order chi connectivity index (χ0) is 14.8. The van der Waals surface area contributed by atoms with Gasteiger partial charge in [0.15, 0.2) is 0 Å². The van der Waals surface area contributed by atoms with Gasteiger partial charge in [0.25, 0.3) is 0 Å². The molecule has 1 aliphatic heterocycles. The van der Waals surface area contributed by atoms with E-state index in [9.17, 15) is 0 Å². The van der Waals surface area contributed by atoms with Gasteiger partial charge in [-0.2, -0.15) is 9.78 Å². The summed E-state index contributed by atoms with van der Waals surface area (Å²) in [4.78, 5) is 16.7. The van der Waals surface area contributed by atoms with Gasteiger partial charge in [0, 0.05) is 24.7 Å². The lowest BCUT2D eigenvalue weighted by Crippen LogP contribution is -2.59. The van der Waals surface area contributed by atoms with Crippen molar-refractivity contribution in [3.05, 3.63) is 0 Å². The first-order chi connectivity index (χ1) is 10.7. The van der Waals surface area contributed by atoms with Crippen LogP contribution < -0.4 is 5.90 Å².